The first kappa shape index (κ1) is 17.6. The third-order valence-electron chi connectivity index (χ3n) is 3.47. The van der Waals surface area contributed by atoms with Crippen molar-refractivity contribution in [1.82, 2.24) is 4.98 Å². The lowest BCUT2D eigenvalue weighted by Gasteiger charge is -2.08. The van der Waals surface area contributed by atoms with Gasteiger partial charge in [-0.1, -0.05) is 6.07 Å². The summed E-state index contributed by atoms with van der Waals surface area (Å²) >= 11 is 1.41. The minimum absolute atomic E-state index is 0.306. The predicted octanol–water partition coefficient (Wildman–Crippen LogP) is 2.88. The monoisotopic (exact) mass is 370 g/mol. The van der Waals surface area contributed by atoms with Crippen molar-refractivity contribution >= 4 is 45.1 Å². The van der Waals surface area contributed by atoms with Gasteiger partial charge in [-0.3, -0.25) is 4.79 Å². The van der Waals surface area contributed by atoms with E-state index in [0.717, 1.165) is 10.2 Å². The lowest BCUT2D eigenvalue weighted by molar-refractivity contribution is -0.119. The van der Waals surface area contributed by atoms with Crippen molar-refractivity contribution in [1.29, 1.82) is 0 Å². The quantitative estimate of drug-likeness (QED) is 0.694. The van der Waals surface area contributed by atoms with Gasteiger partial charge in [0.2, 0.25) is 0 Å². The number of methoxy groups -OCH3 is 1. The van der Waals surface area contributed by atoms with Gasteiger partial charge in [-0.2, -0.15) is 0 Å². The summed E-state index contributed by atoms with van der Waals surface area (Å²) in [6, 6.07) is 11.3. The molecule has 8 heteroatoms. The van der Waals surface area contributed by atoms with E-state index in [1.165, 1.54) is 24.5 Å². The fourth-order valence-electron chi connectivity index (χ4n) is 2.24. The Balaban J connectivity index is 1.58. The molecule has 3 rings (SSSR count). The Morgan fingerprint density at radius 3 is 2.69 bits per heavy atom. The molecule has 0 aliphatic heterocycles. The maximum atomic E-state index is 12.1. The number of rotatable bonds is 5. The van der Waals surface area contributed by atoms with Crippen LogP contribution in [0.4, 0.5) is 5.69 Å². The Labute approximate surface area is 152 Å². The summed E-state index contributed by atoms with van der Waals surface area (Å²) in [6.45, 7) is -0.442. The molecule has 7 nitrogen and oxygen atoms in total. The van der Waals surface area contributed by atoms with Crippen molar-refractivity contribution in [2.75, 3.05) is 19.0 Å². The van der Waals surface area contributed by atoms with Gasteiger partial charge in [0.05, 0.1) is 34.0 Å². The van der Waals surface area contributed by atoms with Crippen LogP contribution in [-0.4, -0.2) is 36.5 Å². The Morgan fingerprint density at radius 2 is 1.88 bits per heavy atom. The fourth-order valence-corrected chi connectivity index (χ4v) is 2.95. The van der Waals surface area contributed by atoms with Crippen LogP contribution in [0.2, 0.25) is 0 Å². The first-order valence-electron chi connectivity index (χ1n) is 7.55. The number of aromatic nitrogens is 1. The number of carbonyl (C=O) groups is 3. The molecule has 1 aromatic heterocycles. The molecular formula is C18H14N2O5S. The van der Waals surface area contributed by atoms with E-state index in [4.69, 9.17) is 4.74 Å². The molecule has 0 saturated heterocycles. The number of nitrogens with one attached hydrogen (secondary N) is 1. The van der Waals surface area contributed by atoms with Crippen molar-refractivity contribution in [3.8, 4) is 0 Å². The van der Waals surface area contributed by atoms with Crippen molar-refractivity contribution in [3.05, 3.63) is 59.1 Å². The minimum Gasteiger partial charge on any atom is -0.465 e. The normalized spacial score (nSPS) is 10.3. The van der Waals surface area contributed by atoms with E-state index in [-0.39, 0.29) is 0 Å². The van der Waals surface area contributed by atoms with E-state index < -0.39 is 24.5 Å². The second kappa shape index (κ2) is 7.75. The van der Waals surface area contributed by atoms with Crippen LogP contribution in [0.1, 0.15) is 20.7 Å². The third-order valence-corrected chi connectivity index (χ3v) is 4.26. The van der Waals surface area contributed by atoms with Gasteiger partial charge in [0.1, 0.15) is 0 Å². The molecule has 0 bridgehead atoms. The molecule has 26 heavy (non-hydrogen) atoms. The Morgan fingerprint density at radius 1 is 1.08 bits per heavy atom. The zero-order chi connectivity index (χ0) is 18.5. The Bertz CT molecular complexity index is 982. The highest BCUT2D eigenvalue weighted by Crippen LogP contribution is 2.19. The Hall–Kier alpha value is -3.26. The molecule has 3 aromatic rings. The van der Waals surface area contributed by atoms with Gasteiger partial charge >= 0.3 is 11.9 Å². The summed E-state index contributed by atoms with van der Waals surface area (Å²) in [6.07, 6.45) is 0. The van der Waals surface area contributed by atoms with Crippen molar-refractivity contribution in [3.63, 3.8) is 0 Å². The highest BCUT2D eigenvalue weighted by Gasteiger charge is 2.12. The van der Waals surface area contributed by atoms with Gasteiger partial charge < -0.3 is 14.8 Å². The predicted molar refractivity (Wildman–Crippen MR) is 96.3 cm³/mol. The van der Waals surface area contributed by atoms with E-state index in [9.17, 15) is 14.4 Å². The summed E-state index contributed by atoms with van der Waals surface area (Å²) in [7, 11) is 1.27. The van der Waals surface area contributed by atoms with E-state index >= 15 is 0 Å². The number of nitrogens with zero attached hydrogens (tertiary/aromatic N) is 1. The fraction of sp³-hybridized carbons (Fsp3) is 0.111. The van der Waals surface area contributed by atoms with Crippen LogP contribution < -0.4 is 5.32 Å². The summed E-state index contributed by atoms with van der Waals surface area (Å²) in [5.74, 6) is -1.62. The van der Waals surface area contributed by atoms with Gasteiger partial charge in [-0.25, -0.2) is 14.6 Å². The lowest BCUT2D eigenvalue weighted by Crippen LogP contribution is -2.21. The zero-order valence-electron chi connectivity index (χ0n) is 13.7. The molecule has 0 saturated carbocycles. The molecule has 0 fully saturated rings. The Kier molecular flexibility index (Phi) is 5.23. The molecule has 0 atom stereocenters. The van der Waals surface area contributed by atoms with Crippen molar-refractivity contribution < 1.29 is 23.9 Å². The average Bonchev–Trinajstić information content (AvgIpc) is 3.13. The SMILES string of the molecule is COC(=O)c1cccc(NC(=O)COC(=O)c2ccc3ncsc3c2)c1. The average molecular weight is 370 g/mol. The summed E-state index contributed by atoms with van der Waals surface area (Å²) < 4.78 is 10.5. The summed E-state index contributed by atoms with van der Waals surface area (Å²) in [5, 5.41) is 2.56. The molecule has 0 unspecified atom stereocenters. The summed E-state index contributed by atoms with van der Waals surface area (Å²) in [4.78, 5) is 39.7. The number of hydrogen-bond donors (Lipinski definition) is 1. The molecule has 0 spiro atoms. The molecule has 0 radical (unpaired) electrons. The molecule has 132 valence electrons. The van der Waals surface area contributed by atoms with Gasteiger partial charge in [-0.15, -0.1) is 11.3 Å². The van der Waals surface area contributed by atoms with E-state index in [1.54, 1.807) is 41.9 Å². The molecule has 1 heterocycles. The van der Waals surface area contributed by atoms with Crippen LogP contribution in [0, 0.1) is 0 Å². The number of carbonyl (C=O) groups excluding carboxylic acids is 3. The second-order valence-corrected chi connectivity index (χ2v) is 6.12. The molecule has 1 amide bonds. The maximum absolute atomic E-state index is 12.1. The van der Waals surface area contributed by atoms with Crippen LogP contribution >= 0.6 is 11.3 Å². The molecule has 2 aromatic carbocycles. The molecule has 0 aliphatic carbocycles. The number of esters is 2. The molecule has 0 aliphatic rings. The lowest BCUT2D eigenvalue weighted by atomic mass is 10.2. The van der Waals surface area contributed by atoms with Gasteiger partial charge in [-0.05, 0) is 36.4 Å². The standard InChI is InChI=1S/C18H14N2O5S/c1-24-17(22)11-3-2-4-13(7-11)20-16(21)9-25-18(23)12-5-6-14-15(8-12)26-10-19-14/h2-8,10H,9H2,1H3,(H,20,21). The van der Waals surface area contributed by atoms with Gasteiger partial charge in [0.25, 0.3) is 5.91 Å². The number of benzene rings is 2. The van der Waals surface area contributed by atoms with Crippen LogP contribution in [0.25, 0.3) is 10.2 Å². The first-order valence-corrected chi connectivity index (χ1v) is 8.43. The van der Waals surface area contributed by atoms with Crippen molar-refractivity contribution in [2.45, 2.75) is 0 Å². The molecular weight excluding hydrogens is 356 g/mol. The van der Waals surface area contributed by atoms with Crippen molar-refractivity contribution in [2.24, 2.45) is 0 Å². The number of fused-ring (bicyclic) bond motifs is 1. The van der Waals surface area contributed by atoms with Crippen LogP contribution in [0.5, 0.6) is 0 Å². The highest BCUT2D eigenvalue weighted by molar-refractivity contribution is 7.16. The smallest absolute Gasteiger partial charge is 0.338 e. The zero-order valence-corrected chi connectivity index (χ0v) is 14.5. The van der Waals surface area contributed by atoms with Gasteiger partial charge in [0, 0.05) is 5.69 Å². The van der Waals surface area contributed by atoms with Gasteiger partial charge in [0.15, 0.2) is 6.61 Å². The van der Waals surface area contributed by atoms with Crippen LogP contribution in [-0.2, 0) is 14.3 Å². The highest BCUT2D eigenvalue weighted by atomic mass is 32.1. The number of hydrogen-bond acceptors (Lipinski definition) is 7. The number of thiazole rings is 1. The third kappa shape index (κ3) is 4.04. The molecule has 1 N–H and O–H groups in total. The van der Waals surface area contributed by atoms with E-state index in [2.05, 4.69) is 15.0 Å². The second-order valence-electron chi connectivity index (χ2n) is 5.23. The maximum Gasteiger partial charge on any atom is 0.338 e. The largest absolute Gasteiger partial charge is 0.465 e. The number of anilines is 1. The topological polar surface area (TPSA) is 94.6 Å². The minimum atomic E-state index is -0.598. The van der Waals surface area contributed by atoms with E-state index in [0.29, 0.717) is 16.8 Å². The van der Waals surface area contributed by atoms with E-state index in [1.807, 2.05) is 0 Å². The summed E-state index contributed by atoms with van der Waals surface area (Å²) in [5.41, 5.74) is 3.55. The first-order chi connectivity index (χ1) is 12.6. The van der Waals surface area contributed by atoms with Crippen LogP contribution in [0.3, 0.4) is 0 Å². The number of ether oxygens (including phenoxy) is 2. The van der Waals surface area contributed by atoms with Crippen LogP contribution in [0.15, 0.2) is 48.0 Å². The number of amides is 1.